The average Bonchev–Trinajstić information content (AvgIpc) is 2.14. The summed E-state index contributed by atoms with van der Waals surface area (Å²) in [6, 6.07) is 0. The van der Waals surface area contributed by atoms with Gasteiger partial charge in [0, 0.05) is 17.3 Å². The van der Waals surface area contributed by atoms with Crippen LogP contribution in [0.1, 0.15) is 27.7 Å². The highest BCUT2D eigenvalue weighted by Crippen LogP contribution is 2.19. The largest absolute Gasteiger partial charge is 0.294 e. The molecular weight excluding hydrogens is 204 g/mol. The molecule has 15 heavy (non-hydrogen) atoms. The SMILES string of the molecule is C=CN=C(/C=C(\C)C(=N)SC)C(C)(C)C. The molecular formula is C12H20N2S. The summed E-state index contributed by atoms with van der Waals surface area (Å²) in [5.74, 6) is 0. The van der Waals surface area contributed by atoms with E-state index in [0.717, 1.165) is 11.3 Å². The average molecular weight is 224 g/mol. The lowest BCUT2D eigenvalue weighted by molar-refractivity contribution is 0.594. The lowest BCUT2D eigenvalue weighted by Gasteiger charge is -2.19. The Hall–Kier alpha value is -0.830. The molecule has 0 rings (SSSR count). The predicted octanol–water partition coefficient (Wildman–Crippen LogP) is 3.90. The van der Waals surface area contributed by atoms with Gasteiger partial charge in [0.2, 0.25) is 0 Å². The zero-order valence-electron chi connectivity index (χ0n) is 10.2. The van der Waals surface area contributed by atoms with Crippen LogP contribution in [0.4, 0.5) is 0 Å². The maximum atomic E-state index is 7.69. The Kier molecular flexibility index (Phi) is 5.58. The third kappa shape index (κ3) is 4.98. The molecule has 84 valence electrons. The van der Waals surface area contributed by atoms with Crippen molar-refractivity contribution in [3.8, 4) is 0 Å². The van der Waals surface area contributed by atoms with Gasteiger partial charge >= 0.3 is 0 Å². The van der Waals surface area contributed by atoms with E-state index in [1.54, 1.807) is 6.20 Å². The lowest BCUT2D eigenvalue weighted by atomic mass is 9.89. The minimum absolute atomic E-state index is 0.0197. The van der Waals surface area contributed by atoms with Gasteiger partial charge in [-0.25, -0.2) is 0 Å². The summed E-state index contributed by atoms with van der Waals surface area (Å²) in [5, 5.41) is 8.27. The molecule has 0 aromatic carbocycles. The van der Waals surface area contributed by atoms with Crippen LogP contribution in [0, 0.1) is 10.8 Å². The number of allylic oxidation sites excluding steroid dienone is 1. The Bertz CT molecular complexity index is 306. The summed E-state index contributed by atoms with van der Waals surface area (Å²) in [4.78, 5) is 4.25. The molecule has 2 nitrogen and oxygen atoms in total. The first-order valence-corrected chi connectivity index (χ1v) is 6.05. The fourth-order valence-electron chi connectivity index (χ4n) is 0.977. The van der Waals surface area contributed by atoms with Gasteiger partial charge in [-0.2, -0.15) is 0 Å². The summed E-state index contributed by atoms with van der Waals surface area (Å²) < 4.78 is 0. The standard InChI is InChI=1S/C12H20N2S/c1-7-14-10(12(3,4)5)8-9(2)11(13)15-6/h7-8,13H,1H2,2-6H3/b9-8+,13-11?,14-10?. The Morgan fingerprint density at radius 2 is 1.93 bits per heavy atom. The molecule has 0 aliphatic rings. The van der Waals surface area contributed by atoms with Crippen molar-refractivity contribution in [3.63, 3.8) is 0 Å². The summed E-state index contributed by atoms with van der Waals surface area (Å²) in [5.41, 5.74) is 1.88. The second kappa shape index (κ2) is 5.91. The molecule has 0 bridgehead atoms. The Morgan fingerprint density at radius 3 is 2.27 bits per heavy atom. The van der Waals surface area contributed by atoms with Crippen molar-refractivity contribution in [2.24, 2.45) is 10.4 Å². The van der Waals surface area contributed by atoms with Crippen molar-refractivity contribution in [2.45, 2.75) is 27.7 Å². The second-order valence-corrected chi connectivity index (χ2v) is 5.12. The first-order chi connectivity index (χ1) is 6.82. The molecule has 0 aromatic rings. The number of nitrogens with one attached hydrogen (secondary N) is 1. The van der Waals surface area contributed by atoms with Gasteiger partial charge in [-0.1, -0.05) is 27.4 Å². The van der Waals surface area contributed by atoms with E-state index in [0.29, 0.717) is 5.04 Å². The van der Waals surface area contributed by atoms with Gasteiger partial charge in [0.05, 0.1) is 5.04 Å². The molecule has 0 saturated heterocycles. The van der Waals surface area contributed by atoms with Gasteiger partial charge in [-0.15, -0.1) is 11.8 Å². The van der Waals surface area contributed by atoms with Crippen molar-refractivity contribution in [1.29, 1.82) is 5.41 Å². The van der Waals surface area contributed by atoms with Crippen LogP contribution in [0.3, 0.4) is 0 Å². The van der Waals surface area contributed by atoms with E-state index in [9.17, 15) is 0 Å². The monoisotopic (exact) mass is 224 g/mol. The van der Waals surface area contributed by atoms with E-state index in [2.05, 4.69) is 32.3 Å². The molecule has 3 heteroatoms. The van der Waals surface area contributed by atoms with Gasteiger partial charge in [0.1, 0.15) is 0 Å². The van der Waals surface area contributed by atoms with E-state index in [1.165, 1.54) is 11.8 Å². The highest BCUT2D eigenvalue weighted by atomic mass is 32.2. The van der Waals surface area contributed by atoms with E-state index >= 15 is 0 Å². The molecule has 0 unspecified atom stereocenters. The fraction of sp³-hybridized carbons (Fsp3) is 0.500. The van der Waals surface area contributed by atoms with Gasteiger partial charge in [-0.3, -0.25) is 10.4 Å². The Labute approximate surface area is 97.1 Å². The molecule has 0 fully saturated rings. The summed E-state index contributed by atoms with van der Waals surface area (Å²) in [7, 11) is 0. The molecule has 0 radical (unpaired) electrons. The molecule has 1 N–H and O–H groups in total. The first kappa shape index (κ1) is 14.2. The number of thioether (sulfide) groups is 1. The number of aliphatic imine (C=N–C) groups is 1. The quantitative estimate of drug-likeness (QED) is 0.572. The Morgan fingerprint density at radius 1 is 1.40 bits per heavy atom. The molecule has 0 spiro atoms. The third-order valence-corrected chi connectivity index (χ3v) is 2.64. The number of hydrogen-bond donors (Lipinski definition) is 1. The minimum Gasteiger partial charge on any atom is -0.294 e. The van der Waals surface area contributed by atoms with Crippen molar-refractivity contribution in [2.75, 3.05) is 6.26 Å². The zero-order valence-corrected chi connectivity index (χ0v) is 11.0. The summed E-state index contributed by atoms with van der Waals surface area (Å²) in [6.45, 7) is 11.8. The van der Waals surface area contributed by atoms with E-state index in [4.69, 9.17) is 5.41 Å². The van der Waals surface area contributed by atoms with Crippen LogP contribution in [-0.2, 0) is 0 Å². The summed E-state index contributed by atoms with van der Waals surface area (Å²) in [6.07, 6.45) is 5.41. The Balaban J connectivity index is 5.08. The van der Waals surface area contributed by atoms with E-state index < -0.39 is 0 Å². The topological polar surface area (TPSA) is 36.2 Å². The van der Waals surface area contributed by atoms with Gasteiger partial charge < -0.3 is 0 Å². The van der Waals surface area contributed by atoms with Gasteiger partial charge in [-0.05, 0) is 24.8 Å². The first-order valence-electron chi connectivity index (χ1n) is 4.83. The molecule has 0 atom stereocenters. The van der Waals surface area contributed by atoms with Crippen LogP contribution >= 0.6 is 11.8 Å². The van der Waals surface area contributed by atoms with Crippen molar-refractivity contribution in [3.05, 3.63) is 24.4 Å². The molecule has 0 amide bonds. The van der Waals surface area contributed by atoms with E-state index in [1.807, 2.05) is 19.3 Å². The van der Waals surface area contributed by atoms with Crippen LogP contribution in [0.2, 0.25) is 0 Å². The normalized spacial score (nSPS) is 13.9. The number of nitrogens with zero attached hydrogens (tertiary/aromatic N) is 1. The van der Waals surface area contributed by atoms with Crippen LogP contribution in [0.5, 0.6) is 0 Å². The van der Waals surface area contributed by atoms with Crippen LogP contribution in [-0.4, -0.2) is 17.0 Å². The molecule has 0 saturated carbocycles. The summed E-state index contributed by atoms with van der Waals surface area (Å²) >= 11 is 1.44. The highest BCUT2D eigenvalue weighted by molar-refractivity contribution is 8.13. The van der Waals surface area contributed by atoms with Gasteiger partial charge in [0.15, 0.2) is 0 Å². The minimum atomic E-state index is -0.0197. The van der Waals surface area contributed by atoms with Crippen molar-refractivity contribution in [1.82, 2.24) is 0 Å². The fourth-order valence-corrected chi connectivity index (χ4v) is 1.36. The molecule has 0 heterocycles. The smallest absolute Gasteiger partial charge is 0.0897 e. The molecule has 0 aliphatic heterocycles. The number of rotatable bonds is 3. The van der Waals surface area contributed by atoms with Crippen LogP contribution < -0.4 is 0 Å². The van der Waals surface area contributed by atoms with Crippen LogP contribution in [0.15, 0.2) is 29.4 Å². The van der Waals surface area contributed by atoms with E-state index in [-0.39, 0.29) is 5.41 Å². The lowest BCUT2D eigenvalue weighted by Crippen LogP contribution is -2.18. The van der Waals surface area contributed by atoms with Gasteiger partial charge in [0.25, 0.3) is 0 Å². The number of hydrogen-bond acceptors (Lipinski definition) is 3. The zero-order chi connectivity index (χ0) is 12.1. The molecule has 0 aromatic heterocycles. The van der Waals surface area contributed by atoms with Crippen LogP contribution in [0.25, 0.3) is 0 Å². The molecule has 0 aliphatic carbocycles. The highest BCUT2D eigenvalue weighted by Gasteiger charge is 2.17. The third-order valence-electron chi connectivity index (χ3n) is 1.91. The van der Waals surface area contributed by atoms with Crippen molar-refractivity contribution < 1.29 is 0 Å². The predicted molar refractivity (Wildman–Crippen MR) is 72.1 cm³/mol. The maximum Gasteiger partial charge on any atom is 0.0897 e. The maximum absolute atomic E-state index is 7.69. The van der Waals surface area contributed by atoms with Crippen molar-refractivity contribution >= 4 is 22.5 Å². The second-order valence-electron chi connectivity index (χ2n) is 4.31.